The van der Waals surface area contributed by atoms with E-state index in [0.717, 1.165) is 28.0 Å². The van der Waals surface area contributed by atoms with Gasteiger partial charge >= 0.3 is 0 Å². The van der Waals surface area contributed by atoms with Crippen molar-refractivity contribution in [3.63, 3.8) is 0 Å². The fraction of sp³-hybridized carbons (Fsp3) is 0.154. The predicted molar refractivity (Wildman–Crippen MR) is 70.9 cm³/mol. The molecule has 0 aliphatic rings. The van der Waals surface area contributed by atoms with Gasteiger partial charge in [0.2, 0.25) is 0 Å². The van der Waals surface area contributed by atoms with Crippen LogP contribution in [0, 0.1) is 6.92 Å². The molecule has 2 N–H and O–H groups in total. The first-order valence-electron chi connectivity index (χ1n) is 5.67. The normalized spacial score (nSPS) is 11.0. The number of fused-ring (bicyclic) bond motifs is 1. The SMILES string of the molecule is Cc1nc2c(cc1N)c(-c1ccncc1)nn2C. The van der Waals surface area contributed by atoms with Crippen LogP contribution in [0.5, 0.6) is 0 Å². The Morgan fingerprint density at radius 2 is 1.94 bits per heavy atom. The highest BCUT2D eigenvalue weighted by Crippen LogP contribution is 2.28. The summed E-state index contributed by atoms with van der Waals surface area (Å²) in [5.41, 5.74) is 10.2. The van der Waals surface area contributed by atoms with Crippen molar-refractivity contribution in [2.75, 3.05) is 5.73 Å². The second-order valence-electron chi connectivity index (χ2n) is 4.24. The van der Waals surface area contributed by atoms with E-state index < -0.39 is 0 Å². The van der Waals surface area contributed by atoms with Crippen LogP contribution >= 0.6 is 0 Å². The lowest BCUT2D eigenvalue weighted by Crippen LogP contribution is -1.96. The lowest BCUT2D eigenvalue weighted by Gasteiger charge is -2.00. The number of pyridine rings is 2. The van der Waals surface area contributed by atoms with Crippen molar-refractivity contribution in [1.29, 1.82) is 0 Å². The third-order valence-electron chi connectivity index (χ3n) is 3.00. The topological polar surface area (TPSA) is 69.6 Å². The van der Waals surface area contributed by atoms with Crippen molar-refractivity contribution in [3.8, 4) is 11.3 Å². The van der Waals surface area contributed by atoms with Crippen LogP contribution in [0.15, 0.2) is 30.6 Å². The van der Waals surface area contributed by atoms with Crippen LogP contribution in [0.1, 0.15) is 5.69 Å². The van der Waals surface area contributed by atoms with Gasteiger partial charge in [0.25, 0.3) is 0 Å². The molecule has 0 unspecified atom stereocenters. The fourth-order valence-corrected chi connectivity index (χ4v) is 2.00. The average molecular weight is 239 g/mol. The Labute approximate surface area is 104 Å². The highest BCUT2D eigenvalue weighted by atomic mass is 15.3. The number of nitrogens with two attached hydrogens (primary N) is 1. The molecule has 0 aliphatic carbocycles. The molecule has 3 heterocycles. The zero-order valence-electron chi connectivity index (χ0n) is 10.3. The monoisotopic (exact) mass is 239 g/mol. The zero-order valence-corrected chi connectivity index (χ0v) is 10.3. The molecule has 3 rings (SSSR count). The minimum absolute atomic E-state index is 0.686. The van der Waals surface area contributed by atoms with Crippen LogP contribution in [0.3, 0.4) is 0 Å². The summed E-state index contributed by atoms with van der Waals surface area (Å²) in [7, 11) is 1.88. The number of nitrogens with zero attached hydrogens (tertiary/aromatic N) is 4. The molecule has 0 saturated carbocycles. The van der Waals surface area contributed by atoms with Crippen molar-refractivity contribution in [2.24, 2.45) is 7.05 Å². The Kier molecular flexibility index (Phi) is 2.26. The van der Waals surface area contributed by atoms with Crippen LogP contribution in [-0.4, -0.2) is 19.7 Å². The molecule has 0 amide bonds. The molecule has 5 heteroatoms. The summed E-state index contributed by atoms with van der Waals surface area (Å²) in [6.07, 6.45) is 3.50. The Hall–Kier alpha value is -2.43. The minimum atomic E-state index is 0.686. The second-order valence-corrected chi connectivity index (χ2v) is 4.24. The van der Waals surface area contributed by atoms with E-state index in [2.05, 4.69) is 15.1 Å². The lowest BCUT2D eigenvalue weighted by molar-refractivity contribution is 0.788. The summed E-state index contributed by atoms with van der Waals surface area (Å²) in [6.45, 7) is 1.90. The predicted octanol–water partition coefficient (Wildman–Crippen LogP) is 1.92. The summed E-state index contributed by atoms with van der Waals surface area (Å²) >= 11 is 0. The first kappa shape index (κ1) is 10.7. The van der Waals surface area contributed by atoms with Crippen molar-refractivity contribution in [3.05, 3.63) is 36.3 Å². The Bertz CT molecular complexity index is 715. The average Bonchev–Trinajstić information content (AvgIpc) is 2.69. The molecule has 0 aliphatic heterocycles. The maximum Gasteiger partial charge on any atom is 0.158 e. The van der Waals surface area contributed by atoms with Crippen molar-refractivity contribution >= 4 is 16.7 Å². The summed E-state index contributed by atoms with van der Waals surface area (Å²) in [6, 6.07) is 5.79. The van der Waals surface area contributed by atoms with E-state index in [1.165, 1.54) is 0 Å². The van der Waals surface area contributed by atoms with Crippen molar-refractivity contribution < 1.29 is 0 Å². The van der Waals surface area contributed by atoms with Crippen LogP contribution in [-0.2, 0) is 7.05 Å². The Morgan fingerprint density at radius 1 is 1.22 bits per heavy atom. The standard InChI is InChI=1S/C13H13N5/c1-8-11(14)7-10-12(9-3-5-15-6-4-9)17-18(2)13(10)16-8/h3-7H,14H2,1-2H3. The second kappa shape index (κ2) is 3.80. The number of aryl methyl sites for hydroxylation is 2. The summed E-state index contributed by atoms with van der Waals surface area (Å²) in [5.74, 6) is 0. The first-order valence-corrected chi connectivity index (χ1v) is 5.67. The molecule has 0 spiro atoms. The highest BCUT2D eigenvalue weighted by molar-refractivity contribution is 5.93. The molecule has 0 bridgehead atoms. The number of nitrogen functional groups attached to an aromatic ring is 1. The molecule has 0 fully saturated rings. The first-order chi connectivity index (χ1) is 8.66. The third-order valence-corrected chi connectivity index (χ3v) is 3.00. The van der Waals surface area contributed by atoms with Gasteiger partial charge in [-0.05, 0) is 25.1 Å². The van der Waals surface area contributed by atoms with Crippen LogP contribution in [0.2, 0.25) is 0 Å². The zero-order chi connectivity index (χ0) is 12.7. The molecule has 5 nitrogen and oxygen atoms in total. The van der Waals surface area contributed by atoms with Gasteiger partial charge in [-0.1, -0.05) is 0 Å². The van der Waals surface area contributed by atoms with Gasteiger partial charge in [0, 0.05) is 30.4 Å². The maximum absolute atomic E-state index is 5.93. The molecule has 0 atom stereocenters. The molecule has 3 aromatic rings. The maximum atomic E-state index is 5.93. The number of hydrogen-bond acceptors (Lipinski definition) is 4. The van der Waals surface area contributed by atoms with Gasteiger partial charge in [-0.3, -0.25) is 4.98 Å². The fourth-order valence-electron chi connectivity index (χ4n) is 2.00. The Balaban J connectivity index is 2.35. The van der Waals surface area contributed by atoms with Gasteiger partial charge in [-0.25, -0.2) is 9.67 Å². The molecule has 0 radical (unpaired) electrons. The number of aromatic nitrogens is 4. The van der Waals surface area contributed by atoms with E-state index in [-0.39, 0.29) is 0 Å². The Morgan fingerprint density at radius 3 is 2.67 bits per heavy atom. The largest absolute Gasteiger partial charge is 0.397 e. The van der Waals surface area contributed by atoms with E-state index in [1.54, 1.807) is 17.1 Å². The molecule has 90 valence electrons. The number of anilines is 1. The van der Waals surface area contributed by atoms with E-state index in [4.69, 9.17) is 5.73 Å². The lowest BCUT2D eigenvalue weighted by atomic mass is 10.1. The molecular formula is C13H13N5. The molecule has 18 heavy (non-hydrogen) atoms. The highest BCUT2D eigenvalue weighted by Gasteiger charge is 2.13. The summed E-state index contributed by atoms with van der Waals surface area (Å²) in [4.78, 5) is 8.50. The van der Waals surface area contributed by atoms with Gasteiger partial charge in [0.15, 0.2) is 5.65 Å². The quantitative estimate of drug-likeness (QED) is 0.704. The molecule has 0 aromatic carbocycles. The third kappa shape index (κ3) is 1.52. The molecule has 0 saturated heterocycles. The van der Waals surface area contributed by atoms with E-state index in [1.807, 2.05) is 32.2 Å². The van der Waals surface area contributed by atoms with E-state index >= 15 is 0 Å². The van der Waals surface area contributed by atoms with Gasteiger partial charge < -0.3 is 5.73 Å². The van der Waals surface area contributed by atoms with Gasteiger partial charge in [0.1, 0.15) is 5.69 Å². The van der Waals surface area contributed by atoms with E-state index in [0.29, 0.717) is 5.69 Å². The van der Waals surface area contributed by atoms with Crippen molar-refractivity contribution in [1.82, 2.24) is 19.7 Å². The summed E-state index contributed by atoms with van der Waals surface area (Å²) in [5, 5.41) is 5.48. The van der Waals surface area contributed by atoms with E-state index in [9.17, 15) is 0 Å². The van der Waals surface area contributed by atoms with Gasteiger partial charge in [-0.2, -0.15) is 5.10 Å². The molecule has 3 aromatic heterocycles. The number of hydrogen-bond donors (Lipinski definition) is 1. The van der Waals surface area contributed by atoms with Crippen LogP contribution in [0.25, 0.3) is 22.3 Å². The minimum Gasteiger partial charge on any atom is -0.397 e. The van der Waals surface area contributed by atoms with Crippen LogP contribution < -0.4 is 5.73 Å². The summed E-state index contributed by atoms with van der Waals surface area (Å²) < 4.78 is 1.78. The van der Waals surface area contributed by atoms with Gasteiger partial charge in [-0.15, -0.1) is 0 Å². The van der Waals surface area contributed by atoms with Crippen molar-refractivity contribution in [2.45, 2.75) is 6.92 Å². The molecular weight excluding hydrogens is 226 g/mol. The smallest absolute Gasteiger partial charge is 0.158 e. The van der Waals surface area contributed by atoms with Crippen LogP contribution in [0.4, 0.5) is 5.69 Å². The van der Waals surface area contributed by atoms with Gasteiger partial charge in [0.05, 0.1) is 11.4 Å². The number of rotatable bonds is 1.